The first-order valence-corrected chi connectivity index (χ1v) is 5.86. The third-order valence-electron chi connectivity index (χ3n) is 2.68. The van der Waals surface area contributed by atoms with Gasteiger partial charge in [-0.2, -0.15) is 0 Å². The van der Waals surface area contributed by atoms with Crippen LogP contribution in [0.3, 0.4) is 0 Å². The molecule has 0 amide bonds. The summed E-state index contributed by atoms with van der Waals surface area (Å²) >= 11 is 0. The second-order valence-electron chi connectivity index (χ2n) is 3.96. The predicted molar refractivity (Wildman–Crippen MR) is 70.6 cm³/mol. The zero-order chi connectivity index (χ0) is 15.3. The van der Waals surface area contributed by atoms with Gasteiger partial charge in [0.15, 0.2) is 5.75 Å². The van der Waals surface area contributed by atoms with Crippen LogP contribution in [0.15, 0.2) is 29.8 Å². The number of nitrogens with zero attached hydrogens (tertiary/aromatic N) is 1. The van der Waals surface area contributed by atoms with Crippen LogP contribution in [0.1, 0.15) is 25.0 Å². The molecule has 7 heteroatoms. The van der Waals surface area contributed by atoms with Gasteiger partial charge in [0.2, 0.25) is 0 Å². The molecule has 1 rings (SSSR count). The van der Waals surface area contributed by atoms with E-state index in [0.717, 1.165) is 6.07 Å². The van der Waals surface area contributed by atoms with Crippen LogP contribution >= 0.6 is 0 Å². The van der Waals surface area contributed by atoms with Crippen LogP contribution in [0.5, 0.6) is 5.75 Å². The number of nitro groups is 1. The molecule has 1 unspecified atom stereocenters. The maximum absolute atomic E-state index is 11.1. The van der Waals surface area contributed by atoms with E-state index in [1.54, 1.807) is 6.92 Å². The van der Waals surface area contributed by atoms with Crippen molar-refractivity contribution < 1.29 is 24.7 Å². The average molecular weight is 281 g/mol. The summed E-state index contributed by atoms with van der Waals surface area (Å²) in [6.07, 6.45) is 0.358. The van der Waals surface area contributed by atoms with Crippen molar-refractivity contribution in [2.45, 2.75) is 19.4 Å². The largest absolute Gasteiger partial charge is 0.490 e. The Balaban J connectivity index is 3.26. The maximum atomic E-state index is 11.1. The minimum absolute atomic E-state index is 0.0438. The van der Waals surface area contributed by atoms with Crippen LogP contribution in [0, 0.1) is 10.1 Å². The quantitative estimate of drug-likeness (QED) is 0.469. The predicted octanol–water partition coefficient (Wildman–Crippen LogP) is 2.06. The molecule has 7 nitrogen and oxygen atoms in total. The summed E-state index contributed by atoms with van der Waals surface area (Å²) in [4.78, 5) is 21.3. The van der Waals surface area contributed by atoms with Crippen LogP contribution in [0.4, 0.5) is 5.69 Å². The molecule has 0 aliphatic heterocycles. The van der Waals surface area contributed by atoms with E-state index < -0.39 is 17.0 Å². The van der Waals surface area contributed by atoms with Crippen molar-refractivity contribution in [3.8, 4) is 5.75 Å². The Kier molecular flexibility index (Phi) is 5.22. The van der Waals surface area contributed by atoms with Crippen molar-refractivity contribution in [2.75, 3.05) is 7.11 Å². The molecule has 0 aromatic heterocycles. The number of aliphatic carboxylic acids is 1. The second-order valence-corrected chi connectivity index (χ2v) is 3.96. The Bertz CT molecular complexity index is 552. The Hall–Kier alpha value is -2.41. The van der Waals surface area contributed by atoms with Crippen LogP contribution in [-0.4, -0.2) is 28.2 Å². The number of ether oxygens (including phenoxy) is 1. The molecule has 0 heterocycles. The lowest BCUT2D eigenvalue weighted by Gasteiger charge is -2.12. The number of aliphatic hydroxyl groups is 1. The van der Waals surface area contributed by atoms with Crippen LogP contribution in [-0.2, 0) is 4.79 Å². The SMILES string of the molecule is CCC=C(C(=O)O)C(O)c1ccc(OC)c([N+](=O)[O-])c1. The standard InChI is InChI=1S/C13H15NO6/c1-3-4-9(13(16)17)12(15)8-5-6-11(20-2)10(7-8)14(18)19/h4-7,12,15H,3H2,1-2H3,(H,16,17). The number of allylic oxidation sites excluding steroid dienone is 1. The first-order valence-electron chi connectivity index (χ1n) is 5.86. The van der Waals surface area contributed by atoms with Crippen molar-refractivity contribution in [3.05, 3.63) is 45.5 Å². The molecule has 1 atom stereocenters. The number of hydrogen-bond acceptors (Lipinski definition) is 5. The first-order chi connectivity index (χ1) is 9.42. The number of hydrogen-bond donors (Lipinski definition) is 2. The number of nitro benzene ring substituents is 1. The summed E-state index contributed by atoms with van der Waals surface area (Å²) in [5.41, 5.74) is -0.420. The monoisotopic (exact) mass is 281 g/mol. The Morgan fingerprint density at radius 2 is 2.20 bits per heavy atom. The van der Waals surface area contributed by atoms with Crippen molar-refractivity contribution in [1.82, 2.24) is 0 Å². The number of methoxy groups -OCH3 is 1. The van der Waals surface area contributed by atoms with Gasteiger partial charge in [-0.3, -0.25) is 10.1 Å². The summed E-state index contributed by atoms with van der Waals surface area (Å²) in [6, 6.07) is 3.82. The van der Waals surface area contributed by atoms with Crippen LogP contribution in [0.2, 0.25) is 0 Å². The molecule has 0 bridgehead atoms. The van der Waals surface area contributed by atoms with Gasteiger partial charge in [0, 0.05) is 6.07 Å². The molecule has 2 N–H and O–H groups in total. The summed E-state index contributed by atoms with van der Waals surface area (Å²) in [5, 5.41) is 30.0. The van der Waals surface area contributed by atoms with E-state index in [4.69, 9.17) is 9.84 Å². The van der Waals surface area contributed by atoms with E-state index in [2.05, 4.69) is 0 Å². The molecule has 0 aliphatic carbocycles. The fourth-order valence-electron chi connectivity index (χ4n) is 1.74. The smallest absolute Gasteiger partial charge is 0.334 e. The van der Waals surface area contributed by atoms with Crippen molar-refractivity contribution in [2.24, 2.45) is 0 Å². The van der Waals surface area contributed by atoms with E-state index in [0.29, 0.717) is 6.42 Å². The molecule has 108 valence electrons. The zero-order valence-corrected chi connectivity index (χ0v) is 11.1. The van der Waals surface area contributed by atoms with Gasteiger partial charge in [0.05, 0.1) is 17.6 Å². The summed E-state index contributed by atoms with van der Waals surface area (Å²) in [7, 11) is 1.29. The Labute approximate surface area is 115 Å². The fraction of sp³-hybridized carbons (Fsp3) is 0.308. The highest BCUT2D eigenvalue weighted by Gasteiger charge is 2.23. The number of carboxylic acid groups (broad SMARTS) is 1. The van der Waals surface area contributed by atoms with Gasteiger partial charge in [0.25, 0.3) is 0 Å². The van der Waals surface area contributed by atoms with Gasteiger partial charge in [-0.15, -0.1) is 0 Å². The van der Waals surface area contributed by atoms with Crippen molar-refractivity contribution in [3.63, 3.8) is 0 Å². The molecule has 0 spiro atoms. The third kappa shape index (κ3) is 3.33. The maximum Gasteiger partial charge on any atom is 0.334 e. The molecule has 1 aromatic rings. The van der Waals surface area contributed by atoms with E-state index in [9.17, 15) is 20.0 Å². The van der Waals surface area contributed by atoms with E-state index in [1.165, 1.54) is 25.3 Å². The number of carbonyl (C=O) groups is 1. The molecular weight excluding hydrogens is 266 g/mol. The minimum atomic E-state index is -1.43. The Morgan fingerprint density at radius 1 is 1.55 bits per heavy atom. The topological polar surface area (TPSA) is 110 Å². The normalized spacial score (nSPS) is 12.8. The number of aliphatic hydroxyl groups excluding tert-OH is 1. The lowest BCUT2D eigenvalue weighted by Crippen LogP contribution is -2.11. The highest BCUT2D eigenvalue weighted by Crippen LogP contribution is 2.32. The molecule has 1 aromatic carbocycles. The molecule has 20 heavy (non-hydrogen) atoms. The second kappa shape index (κ2) is 6.67. The molecule has 0 saturated carbocycles. The van der Waals surface area contributed by atoms with Gasteiger partial charge in [0.1, 0.15) is 6.10 Å². The van der Waals surface area contributed by atoms with E-state index >= 15 is 0 Å². The van der Waals surface area contributed by atoms with E-state index in [-0.39, 0.29) is 22.6 Å². The summed E-state index contributed by atoms with van der Waals surface area (Å²) in [5.74, 6) is -1.22. The van der Waals surface area contributed by atoms with Crippen molar-refractivity contribution >= 4 is 11.7 Å². The fourth-order valence-corrected chi connectivity index (χ4v) is 1.74. The summed E-state index contributed by atoms with van der Waals surface area (Å²) in [6.45, 7) is 1.73. The lowest BCUT2D eigenvalue weighted by atomic mass is 10.00. The number of carboxylic acids is 1. The first kappa shape index (κ1) is 15.6. The molecule has 0 radical (unpaired) electrons. The lowest BCUT2D eigenvalue weighted by molar-refractivity contribution is -0.385. The highest BCUT2D eigenvalue weighted by molar-refractivity contribution is 5.88. The average Bonchev–Trinajstić information content (AvgIpc) is 2.42. The molecule has 0 saturated heterocycles. The van der Waals surface area contributed by atoms with Gasteiger partial charge in [-0.25, -0.2) is 4.79 Å². The summed E-state index contributed by atoms with van der Waals surface area (Å²) < 4.78 is 4.84. The zero-order valence-electron chi connectivity index (χ0n) is 11.1. The highest BCUT2D eigenvalue weighted by atomic mass is 16.6. The molecular formula is C13H15NO6. The van der Waals surface area contributed by atoms with E-state index in [1.807, 2.05) is 0 Å². The molecule has 0 aliphatic rings. The minimum Gasteiger partial charge on any atom is -0.490 e. The van der Waals surface area contributed by atoms with Crippen molar-refractivity contribution in [1.29, 1.82) is 0 Å². The van der Waals surface area contributed by atoms with Crippen LogP contribution < -0.4 is 4.74 Å². The van der Waals surface area contributed by atoms with Gasteiger partial charge >= 0.3 is 11.7 Å². The van der Waals surface area contributed by atoms with Gasteiger partial charge in [-0.1, -0.05) is 19.1 Å². The van der Waals surface area contributed by atoms with Gasteiger partial charge < -0.3 is 14.9 Å². The number of rotatable bonds is 6. The Morgan fingerprint density at radius 3 is 2.65 bits per heavy atom. The molecule has 0 fully saturated rings. The van der Waals surface area contributed by atoms with Gasteiger partial charge in [-0.05, 0) is 18.1 Å². The number of benzene rings is 1. The van der Waals surface area contributed by atoms with Crippen LogP contribution in [0.25, 0.3) is 0 Å². The third-order valence-corrected chi connectivity index (χ3v) is 2.68.